The molecule has 8 heteroatoms. The van der Waals surface area contributed by atoms with Crippen molar-refractivity contribution < 1.29 is 18.7 Å². The zero-order chi connectivity index (χ0) is 19.6. The van der Waals surface area contributed by atoms with E-state index in [1.807, 2.05) is 6.92 Å². The lowest BCUT2D eigenvalue weighted by Crippen LogP contribution is -2.43. The summed E-state index contributed by atoms with van der Waals surface area (Å²) >= 11 is 5.05. The second kappa shape index (κ2) is 10.1. The Morgan fingerprint density at radius 2 is 1.89 bits per heavy atom. The molecule has 27 heavy (non-hydrogen) atoms. The lowest BCUT2D eigenvalue weighted by atomic mass is 10.2. The lowest BCUT2D eigenvalue weighted by Gasteiger charge is -2.10. The SMILES string of the molecule is CCOc1cc(/C=C/C(=O)NNC(=S)Nc2ccc(F)cc2)ccc1OC. The standard InChI is InChI=1S/C19H20FN3O3S/c1-3-26-17-12-13(4-10-16(17)25-2)5-11-18(24)22-23-19(27)21-15-8-6-14(20)7-9-15/h4-12H,3H2,1-2H3,(H,22,24)(H2,21,23,27)/b11-5+. The van der Waals surface area contributed by atoms with Crippen molar-refractivity contribution in [3.8, 4) is 11.5 Å². The van der Waals surface area contributed by atoms with Gasteiger partial charge < -0.3 is 14.8 Å². The predicted molar refractivity (Wildman–Crippen MR) is 107 cm³/mol. The number of hydrogen-bond acceptors (Lipinski definition) is 4. The zero-order valence-corrected chi connectivity index (χ0v) is 15.7. The maximum Gasteiger partial charge on any atom is 0.262 e. The summed E-state index contributed by atoms with van der Waals surface area (Å²) in [5.74, 6) is 0.485. The van der Waals surface area contributed by atoms with Crippen molar-refractivity contribution in [1.29, 1.82) is 0 Å². The number of carbonyl (C=O) groups is 1. The highest BCUT2D eigenvalue weighted by molar-refractivity contribution is 7.80. The van der Waals surface area contributed by atoms with Gasteiger partial charge in [-0.3, -0.25) is 15.6 Å². The second-order valence-electron chi connectivity index (χ2n) is 5.25. The van der Waals surface area contributed by atoms with Gasteiger partial charge in [0.25, 0.3) is 5.91 Å². The summed E-state index contributed by atoms with van der Waals surface area (Å²) in [6.45, 7) is 2.39. The van der Waals surface area contributed by atoms with Gasteiger partial charge in [-0.2, -0.15) is 0 Å². The number of anilines is 1. The Kier molecular flexibility index (Phi) is 7.57. The molecule has 0 aliphatic rings. The number of methoxy groups -OCH3 is 1. The molecule has 0 aliphatic heterocycles. The second-order valence-corrected chi connectivity index (χ2v) is 5.66. The first-order chi connectivity index (χ1) is 13.0. The van der Waals surface area contributed by atoms with Gasteiger partial charge >= 0.3 is 0 Å². The third kappa shape index (κ3) is 6.59. The molecule has 0 spiro atoms. The molecule has 6 nitrogen and oxygen atoms in total. The van der Waals surface area contributed by atoms with Gasteiger partial charge in [-0.1, -0.05) is 6.07 Å². The topological polar surface area (TPSA) is 71.6 Å². The molecule has 2 rings (SSSR count). The Morgan fingerprint density at radius 3 is 2.56 bits per heavy atom. The summed E-state index contributed by atoms with van der Waals surface area (Å²) in [5.41, 5.74) is 6.38. The van der Waals surface area contributed by atoms with Crippen LogP contribution in [0, 0.1) is 5.82 Å². The Balaban J connectivity index is 1.86. The Bertz CT molecular complexity index is 825. The minimum atomic E-state index is -0.396. The molecular weight excluding hydrogens is 369 g/mol. The highest BCUT2D eigenvalue weighted by Crippen LogP contribution is 2.28. The number of rotatable bonds is 6. The van der Waals surface area contributed by atoms with Gasteiger partial charge in [0, 0.05) is 11.8 Å². The van der Waals surface area contributed by atoms with Crippen LogP contribution in [0.1, 0.15) is 12.5 Å². The van der Waals surface area contributed by atoms with Crippen molar-refractivity contribution in [2.75, 3.05) is 19.0 Å². The van der Waals surface area contributed by atoms with E-state index in [9.17, 15) is 9.18 Å². The average molecular weight is 389 g/mol. The molecule has 0 atom stereocenters. The van der Waals surface area contributed by atoms with Crippen molar-refractivity contribution in [2.24, 2.45) is 0 Å². The third-order valence-corrected chi connectivity index (χ3v) is 3.52. The van der Waals surface area contributed by atoms with Gasteiger partial charge in [0.2, 0.25) is 0 Å². The summed E-state index contributed by atoms with van der Waals surface area (Å²) in [5, 5.41) is 2.99. The van der Waals surface area contributed by atoms with Crippen LogP contribution >= 0.6 is 12.2 Å². The van der Waals surface area contributed by atoms with E-state index in [1.54, 1.807) is 31.4 Å². The van der Waals surface area contributed by atoms with Gasteiger partial charge in [-0.25, -0.2) is 4.39 Å². The molecular formula is C19H20FN3O3S. The number of carbonyl (C=O) groups excluding carboxylic acids is 1. The minimum absolute atomic E-state index is 0.173. The third-order valence-electron chi connectivity index (χ3n) is 3.32. The quantitative estimate of drug-likeness (QED) is 0.400. The maximum atomic E-state index is 12.9. The van der Waals surface area contributed by atoms with Gasteiger partial charge in [-0.05, 0) is 67.2 Å². The van der Waals surface area contributed by atoms with Gasteiger partial charge in [-0.15, -0.1) is 0 Å². The molecule has 0 saturated carbocycles. The highest BCUT2D eigenvalue weighted by Gasteiger charge is 2.04. The number of hydrogen-bond donors (Lipinski definition) is 3. The van der Waals surface area contributed by atoms with E-state index >= 15 is 0 Å². The van der Waals surface area contributed by atoms with Crippen LogP contribution in [0.4, 0.5) is 10.1 Å². The molecule has 1 amide bonds. The van der Waals surface area contributed by atoms with E-state index < -0.39 is 5.91 Å². The normalized spacial score (nSPS) is 10.3. The number of benzene rings is 2. The fourth-order valence-corrected chi connectivity index (χ4v) is 2.26. The number of amides is 1. The number of hydrazine groups is 1. The summed E-state index contributed by atoms with van der Waals surface area (Å²) in [6, 6.07) is 11.0. The molecule has 2 aromatic carbocycles. The molecule has 0 unspecified atom stereocenters. The van der Waals surface area contributed by atoms with Crippen molar-refractivity contribution in [3.63, 3.8) is 0 Å². The number of nitrogens with one attached hydrogen (secondary N) is 3. The van der Waals surface area contributed by atoms with Crippen molar-refractivity contribution >= 4 is 35.0 Å². The fourth-order valence-electron chi connectivity index (χ4n) is 2.09. The van der Waals surface area contributed by atoms with Crippen molar-refractivity contribution in [1.82, 2.24) is 10.9 Å². The minimum Gasteiger partial charge on any atom is -0.493 e. The lowest BCUT2D eigenvalue weighted by molar-refractivity contribution is -0.116. The van der Waals surface area contributed by atoms with Crippen molar-refractivity contribution in [2.45, 2.75) is 6.92 Å². The zero-order valence-electron chi connectivity index (χ0n) is 14.9. The molecule has 0 saturated heterocycles. The molecule has 0 bridgehead atoms. The number of ether oxygens (including phenoxy) is 2. The van der Waals surface area contributed by atoms with Crippen LogP contribution in [0.15, 0.2) is 48.5 Å². The maximum absolute atomic E-state index is 12.9. The Morgan fingerprint density at radius 1 is 1.15 bits per heavy atom. The molecule has 2 aromatic rings. The van der Waals surface area contributed by atoms with E-state index in [0.717, 1.165) is 5.56 Å². The van der Waals surface area contributed by atoms with E-state index in [4.69, 9.17) is 21.7 Å². The number of halogens is 1. The summed E-state index contributed by atoms with van der Waals surface area (Å²) in [6.07, 6.45) is 2.99. The first kappa shape index (κ1) is 20.2. The molecule has 0 aromatic heterocycles. The fraction of sp³-hybridized carbons (Fsp3) is 0.158. The smallest absolute Gasteiger partial charge is 0.262 e. The Hall–Kier alpha value is -3.13. The molecule has 142 valence electrons. The molecule has 0 fully saturated rings. The van der Waals surface area contributed by atoms with Crippen molar-refractivity contribution in [3.05, 3.63) is 59.9 Å². The van der Waals surface area contributed by atoms with Crippen LogP contribution in [0.2, 0.25) is 0 Å². The molecule has 0 aliphatic carbocycles. The van der Waals surface area contributed by atoms with E-state index in [2.05, 4.69) is 16.2 Å². The van der Waals surface area contributed by atoms with Crippen LogP contribution in [0.5, 0.6) is 11.5 Å². The molecule has 0 heterocycles. The monoisotopic (exact) mass is 389 g/mol. The van der Waals surface area contributed by atoms with Gasteiger partial charge in [0.1, 0.15) is 5.82 Å². The molecule has 0 radical (unpaired) electrons. The van der Waals surface area contributed by atoms with E-state index in [-0.39, 0.29) is 10.9 Å². The summed E-state index contributed by atoms with van der Waals surface area (Å²) in [7, 11) is 1.56. The van der Waals surface area contributed by atoms with Crippen LogP contribution in [0.3, 0.4) is 0 Å². The molecule has 3 N–H and O–H groups in total. The highest BCUT2D eigenvalue weighted by atomic mass is 32.1. The summed E-state index contributed by atoms with van der Waals surface area (Å²) < 4.78 is 23.6. The van der Waals surface area contributed by atoms with Crippen LogP contribution in [0.25, 0.3) is 6.08 Å². The predicted octanol–water partition coefficient (Wildman–Crippen LogP) is 3.26. The Labute approximate surface area is 162 Å². The first-order valence-electron chi connectivity index (χ1n) is 8.13. The average Bonchev–Trinajstić information content (AvgIpc) is 2.67. The van der Waals surface area contributed by atoms with E-state index in [0.29, 0.717) is 23.8 Å². The van der Waals surface area contributed by atoms with Crippen LogP contribution in [-0.4, -0.2) is 24.7 Å². The largest absolute Gasteiger partial charge is 0.493 e. The van der Waals surface area contributed by atoms with Crippen LogP contribution in [-0.2, 0) is 4.79 Å². The van der Waals surface area contributed by atoms with Gasteiger partial charge in [0.05, 0.1) is 13.7 Å². The van der Waals surface area contributed by atoms with E-state index in [1.165, 1.54) is 30.3 Å². The van der Waals surface area contributed by atoms with Gasteiger partial charge in [0.15, 0.2) is 16.6 Å². The number of thiocarbonyl (C=S) groups is 1. The summed E-state index contributed by atoms with van der Waals surface area (Å²) in [4.78, 5) is 11.9. The van der Waals surface area contributed by atoms with Crippen LogP contribution < -0.4 is 25.6 Å². The first-order valence-corrected chi connectivity index (χ1v) is 8.54.